The topological polar surface area (TPSA) is 67.1 Å². The highest BCUT2D eigenvalue weighted by molar-refractivity contribution is 7.98. The Kier molecular flexibility index (Phi) is 6.82. The second-order valence-corrected chi connectivity index (χ2v) is 4.75. The van der Waals surface area contributed by atoms with E-state index in [0.717, 1.165) is 38.4 Å². The van der Waals surface area contributed by atoms with E-state index in [4.69, 9.17) is 5.73 Å². The lowest BCUT2D eigenvalue weighted by Crippen LogP contribution is -2.25. The van der Waals surface area contributed by atoms with Crippen molar-refractivity contribution in [3.63, 3.8) is 0 Å². The summed E-state index contributed by atoms with van der Waals surface area (Å²) in [5.41, 5.74) is 5.72. The fraction of sp³-hybridized carbons (Fsp3) is 0.667. The number of anilines is 2. The van der Waals surface area contributed by atoms with Crippen molar-refractivity contribution in [2.24, 2.45) is 0 Å². The van der Waals surface area contributed by atoms with Crippen LogP contribution in [0.3, 0.4) is 0 Å². The SMILES string of the molecule is CCN(CC)CCCNc1cc(N)nc(SC)n1. The minimum absolute atomic E-state index is 0.514. The van der Waals surface area contributed by atoms with Gasteiger partial charge in [-0.2, -0.15) is 0 Å². The van der Waals surface area contributed by atoms with Gasteiger partial charge in [-0.05, 0) is 32.3 Å². The molecular weight excluding hydrogens is 246 g/mol. The molecule has 0 atom stereocenters. The molecule has 0 bridgehead atoms. The molecule has 0 fully saturated rings. The summed E-state index contributed by atoms with van der Waals surface area (Å²) in [5, 5.41) is 4.00. The monoisotopic (exact) mass is 269 g/mol. The van der Waals surface area contributed by atoms with Crippen LogP contribution in [0.15, 0.2) is 11.2 Å². The van der Waals surface area contributed by atoms with Crippen LogP contribution in [0.5, 0.6) is 0 Å². The lowest BCUT2D eigenvalue weighted by atomic mass is 10.3. The molecule has 18 heavy (non-hydrogen) atoms. The number of aromatic nitrogens is 2. The summed E-state index contributed by atoms with van der Waals surface area (Å²) in [6.07, 6.45) is 3.04. The van der Waals surface area contributed by atoms with Gasteiger partial charge in [-0.25, -0.2) is 9.97 Å². The van der Waals surface area contributed by atoms with Gasteiger partial charge >= 0.3 is 0 Å². The fourth-order valence-corrected chi connectivity index (χ4v) is 2.07. The van der Waals surface area contributed by atoms with Crippen LogP contribution in [0, 0.1) is 0 Å². The van der Waals surface area contributed by atoms with Crippen molar-refractivity contribution in [2.45, 2.75) is 25.4 Å². The van der Waals surface area contributed by atoms with Crippen LogP contribution in [-0.2, 0) is 0 Å². The molecule has 3 N–H and O–H groups in total. The summed E-state index contributed by atoms with van der Waals surface area (Å²) in [6.45, 7) is 8.59. The third-order valence-corrected chi connectivity index (χ3v) is 3.31. The zero-order valence-electron chi connectivity index (χ0n) is 11.4. The predicted molar refractivity (Wildman–Crippen MR) is 79.1 cm³/mol. The minimum atomic E-state index is 0.514. The third-order valence-electron chi connectivity index (χ3n) is 2.76. The largest absolute Gasteiger partial charge is 0.383 e. The molecule has 1 aromatic heterocycles. The number of nitrogen functional groups attached to an aromatic ring is 1. The number of rotatable bonds is 8. The van der Waals surface area contributed by atoms with Gasteiger partial charge in [-0.1, -0.05) is 25.6 Å². The van der Waals surface area contributed by atoms with Gasteiger partial charge in [0.2, 0.25) is 0 Å². The van der Waals surface area contributed by atoms with E-state index in [2.05, 4.69) is 34.0 Å². The Morgan fingerprint density at radius 3 is 2.67 bits per heavy atom. The Balaban J connectivity index is 2.37. The first kappa shape index (κ1) is 15.0. The van der Waals surface area contributed by atoms with Crippen LogP contribution in [0.2, 0.25) is 0 Å². The predicted octanol–water partition coefficient (Wildman–Crippen LogP) is 1.92. The average molecular weight is 269 g/mol. The molecule has 0 saturated carbocycles. The molecule has 0 saturated heterocycles. The van der Waals surface area contributed by atoms with Gasteiger partial charge in [0.05, 0.1) is 0 Å². The van der Waals surface area contributed by atoms with Gasteiger partial charge in [0, 0.05) is 12.6 Å². The molecule has 0 radical (unpaired) electrons. The first-order chi connectivity index (χ1) is 8.69. The highest BCUT2D eigenvalue weighted by Gasteiger charge is 2.02. The van der Waals surface area contributed by atoms with Crippen LogP contribution in [-0.4, -0.2) is 47.3 Å². The molecule has 5 nitrogen and oxygen atoms in total. The average Bonchev–Trinajstić information content (AvgIpc) is 2.38. The number of nitrogens with one attached hydrogen (secondary N) is 1. The summed E-state index contributed by atoms with van der Waals surface area (Å²) in [7, 11) is 0. The molecule has 102 valence electrons. The van der Waals surface area contributed by atoms with Crippen molar-refractivity contribution in [1.82, 2.24) is 14.9 Å². The Bertz CT molecular complexity index is 354. The molecule has 0 aliphatic rings. The second-order valence-electron chi connectivity index (χ2n) is 3.97. The zero-order chi connectivity index (χ0) is 13.4. The highest BCUT2D eigenvalue weighted by Crippen LogP contribution is 2.14. The summed E-state index contributed by atoms with van der Waals surface area (Å²) < 4.78 is 0. The van der Waals surface area contributed by atoms with Crippen molar-refractivity contribution in [3.8, 4) is 0 Å². The highest BCUT2D eigenvalue weighted by atomic mass is 32.2. The van der Waals surface area contributed by atoms with E-state index >= 15 is 0 Å². The minimum Gasteiger partial charge on any atom is -0.383 e. The molecule has 0 unspecified atom stereocenters. The molecule has 1 heterocycles. The maximum Gasteiger partial charge on any atom is 0.191 e. The van der Waals surface area contributed by atoms with Crippen molar-refractivity contribution >= 4 is 23.4 Å². The van der Waals surface area contributed by atoms with Crippen LogP contribution in [0.4, 0.5) is 11.6 Å². The Labute approximate surface area is 114 Å². The maximum atomic E-state index is 5.72. The second kappa shape index (κ2) is 8.16. The van der Waals surface area contributed by atoms with Crippen molar-refractivity contribution < 1.29 is 0 Å². The van der Waals surface area contributed by atoms with E-state index in [-0.39, 0.29) is 0 Å². The molecule has 1 aromatic rings. The van der Waals surface area contributed by atoms with E-state index in [1.807, 2.05) is 6.26 Å². The van der Waals surface area contributed by atoms with E-state index in [0.29, 0.717) is 11.0 Å². The van der Waals surface area contributed by atoms with Gasteiger partial charge in [-0.15, -0.1) is 0 Å². The Morgan fingerprint density at radius 1 is 1.33 bits per heavy atom. The maximum absolute atomic E-state index is 5.72. The molecule has 0 aromatic carbocycles. The van der Waals surface area contributed by atoms with Gasteiger partial charge in [0.25, 0.3) is 0 Å². The molecule has 6 heteroatoms. The van der Waals surface area contributed by atoms with Gasteiger partial charge in [0.1, 0.15) is 11.6 Å². The molecular formula is C12H23N5S. The van der Waals surface area contributed by atoms with Crippen molar-refractivity contribution in [2.75, 3.05) is 43.5 Å². The van der Waals surface area contributed by atoms with Crippen molar-refractivity contribution in [1.29, 1.82) is 0 Å². The quantitative estimate of drug-likeness (QED) is 0.427. The molecule has 0 amide bonds. The number of nitrogens with zero attached hydrogens (tertiary/aromatic N) is 3. The van der Waals surface area contributed by atoms with E-state index in [1.165, 1.54) is 11.8 Å². The summed E-state index contributed by atoms with van der Waals surface area (Å²) >= 11 is 1.50. The van der Waals surface area contributed by atoms with Gasteiger partial charge in [-0.3, -0.25) is 0 Å². The summed E-state index contributed by atoms with van der Waals surface area (Å²) in [4.78, 5) is 10.9. The lowest BCUT2D eigenvalue weighted by molar-refractivity contribution is 0.303. The lowest BCUT2D eigenvalue weighted by Gasteiger charge is -2.17. The smallest absolute Gasteiger partial charge is 0.191 e. The first-order valence-electron chi connectivity index (χ1n) is 6.34. The number of nitrogens with two attached hydrogens (primary N) is 1. The standard InChI is InChI=1S/C12H23N5S/c1-4-17(5-2)8-6-7-14-11-9-10(13)15-12(16-11)18-3/h9H,4-8H2,1-3H3,(H3,13,14,15,16). The Morgan fingerprint density at radius 2 is 2.06 bits per heavy atom. The van der Waals surface area contributed by atoms with E-state index < -0.39 is 0 Å². The summed E-state index contributed by atoms with van der Waals surface area (Å²) in [6, 6.07) is 1.77. The van der Waals surface area contributed by atoms with Crippen LogP contribution in [0.1, 0.15) is 20.3 Å². The zero-order valence-corrected chi connectivity index (χ0v) is 12.3. The summed E-state index contributed by atoms with van der Waals surface area (Å²) in [5.74, 6) is 1.33. The first-order valence-corrected chi connectivity index (χ1v) is 7.56. The number of hydrogen-bond acceptors (Lipinski definition) is 6. The molecule has 0 aliphatic carbocycles. The van der Waals surface area contributed by atoms with E-state index in [1.54, 1.807) is 6.07 Å². The van der Waals surface area contributed by atoms with E-state index in [9.17, 15) is 0 Å². The molecule has 0 spiro atoms. The van der Waals surface area contributed by atoms with Crippen LogP contribution < -0.4 is 11.1 Å². The Hall–Kier alpha value is -1.01. The number of hydrogen-bond donors (Lipinski definition) is 2. The number of thioether (sulfide) groups is 1. The molecule has 1 rings (SSSR count). The van der Waals surface area contributed by atoms with Crippen molar-refractivity contribution in [3.05, 3.63) is 6.07 Å². The van der Waals surface area contributed by atoms with Gasteiger partial charge < -0.3 is 16.0 Å². The normalized spacial score (nSPS) is 10.9. The van der Waals surface area contributed by atoms with Crippen LogP contribution >= 0.6 is 11.8 Å². The fourth-order valence-electron chi connectivity index (χ4n) is 1.68. The third kappa shape index (κ3) is 5.10. The van der Waals surface area contributed by atoms with Gasteiger partial charge in [0.15, 0.2) is 5.16 Å². The molecule has 0 aliphatic heterocycles. The van der Waals surface area contributed by atoms with Crippen LogP contribution in [0.25, 0.3) is 0 Å².